The summed E-state index contributed by atoms with van der Waals surface area (Å²) in [5, 5.41) is 5.66. The number of benzene rings is 2. The minimum Gasteiger partial charge on any atom is -0.456 e. The van der Waals surface area contributed by atoms with Crippen molar-refractivity contribution in [2.24, 2.45) is 4.99 Å². The third-order valence-electron chi connectivity index (χ3n) is 4.70. The lowest BCUT2D eigenvalue weighted by molar-refractivity contribution is 0.613. The van der Waals surface area contributed by atoms with Crippen LogP contribution in [0.4, 0.5) is 5.69 Å². The molecule has 3 heteroatoms. The predicted octanol–water partition coefficient (Wildman–Crippen LogP) is 5.63. The molecule has 0 atom stereocenters. The van der Waals surface area contributed by atoms with Gasteiger partial charge in [-0.3, -0.25) is 4.99 Å². The number of anilines is 1. The van der Waals surface area contributed by atoms with Crippen LogP contribution in [0.15, 0.2) is 33.7 Å². The summed E-state index contributed by atoms with van der Waals surface area (Å²) >= 11 is 0. The van der Waals surface area contributed by atoms with Gasteiger partial charge >= 0.3 is 0 Å². The average molecular weight is 336 g/mol. The van der Waals surface area contributed by atoms with Gasteiger partial charge < -0.3 is 9.73 Å². The molecule has 1 N–H and O–H groups in total. The third-order valence-corrected chi connectivity index (χ3v) is 4.70. The normalized spacial score (nSPS) is 12.5. The van der Waals surface area contributed by atoms with E-state index in [0.717, 1.165) is 35.5 Å². The maximum absolute atomic E-state index is 6.32. The van der Waals surface area contributed by atoms with E-state index in [1.165, 1.54) is 27.6 Å². The van der Waals surface area contributed by atoms with Crippen LogP contribution in [0.2, 0.25) is 0 Å². The number of hydrogen-bond acceptors (Lipinski definition) is 3. The van der Waals surface area contributed by atoms with Gasteiger partial charge in [-0.2, -0.15) is 0 Å². The first-order valence-corrected chi connectivity index (χ1v) is 9.22. The molecule has 0 radical (unpaired) electrons. The van der Waals surface area contributed by atoms with E-state index in [1.807, 2.05) is 0 Å². The molecule has 1 heterocycles. The van der Waals surface area contributed by atoms with Crippen LogP contribution in [0.25, 0.3) is 22.3 Å². The second kappa shape index (κ2) is 6.91. The monoisotopic (exact) mass is 336 g/mol. The highest BCUT2D eigenvalue weighted by atomic mass is 16.3. The molecule has 1 aromatic rings. The molecular weight excluding hydrogens is 308 g/mol. The molecule has 0 amide bonds. The van der Waals surface area contributed by atoms with Crippen LogP contribution in [0.1, 0.15) is 50.3 Å². The average Bonchev–Trinajstić information content (AvgIpc) is 2.55. The van der Waals surface area contributed by atoms with E-state index in [2.05, 4.69) is 76.1 Å². The standard InChI is InChI=1S/C22H28N2O/c1-7-23-18-11-20-16(9-14(18)5)22(13(3)4)17-10-15(6)19(24-8-2)12-21(17)25-20/h9-13,23H,7-8H2,1-6H3/b24-19-. The molecule has 2 aliphatic rings. The fraction of sp³-hybridized carbons (Fsp3) is 0.409. The summed E-state index contributed by atoms with van der Waals surface area (Å²) < 4.78 is 6.32. The van der Waals surface area contributed by atoms with E-state index in [4.69, 9.17) is 4.42 Å². The van der Waals surface area contributed by atoms with Crippen LogP contribution in [0.5, 0.6) is 0 Å². The third kappa shape index (κ3) is 3.15. The largest absolute Gasteiger partial charge is 0.456 e. The van der Waals surface area contributed by atoms with Crippen molar-refractivity contribution >= 4 is 16.7 Å². The van der Waals surface area contributed by atoms with E-state index < -0.39 is 0 Å². The number of aryl methyl sites for hydroxylation is 2. The van der Waals surface area contributed by atoms with Gasteiger partial charge in [0.1, 0.15) is 11.3 Å². The van der Waals surface area contributed by atoms with E-state index in [-0.39, 0.29) is 0 Å². The summed E-state index contributed by atoms with van der Waals surface area (Å²) in [6, 6.07) is 8.71. The Morgan fingerprint density at radius 3 is 2.44 bits per heavy atom. The van der Waals surface area contributed by atoms with Crippen LogP contribution >= 0.6 is 0 Å². The van der Waals surface area contributed by atoms with E-state index in [9.17, 15) is 0 Å². The summed E-state index contributed by atoms with van der Waals surface area (Å²) in [6.45, 7) is 14.6. The van der Waals surface area contributed by atoms with Gasteiger partial charge in [0.05, 0.1) is 5.36 Å². The van der Waals surface area contributed by atoms with E-state index >= 15 is 0 Å². The summed E-state index contributed by atoms with van der Waals surface area (Å²) in [7, 11) is 0. The van der Waals surface area contributed by atoms with Gasteiger partial charge in [-0.1, -0.05) is 13.8 Å². The topological polar surface area (TPSA) is 37.5 Å². The van der Waals surface area contributed by atoms with Crippen molar-refractivity contribution in [3.63, 3.8) is 0 Å². The molecule has 132 valence electrons. The van der Waals surface area contributed by atoms with Crippen LogP contribution in [-0.2, 0) is 0 Å². The Morgan fingerprint density at radius 2 is 1.80 bits per heavy atom. The molecule has 0 aromatic heterocycles. The molecule has 0 fully saturated rings. The van der Waals surface area contributed by atoms with Gasteiger partial charge in [0, 0.05) is 41.9 Å². The zero-order chi connectivity index (χ0) is 18.1. The Balaban J connectivity index is 2.43. The molecular formula is C22H28N2O. The van der Waals surface area contributed by atoms with Crippen molar-refractivity contribution in [1.82, 2.24) is 0 Å². The molecule has 0 saturated carbocycles. The van der Waals surface area contributed by atoms with Gasteiger partial charge in [0.25, 0.3) is 0 Å². The second-order valence-electron chi connectivity index (χ2n) is 6.97. The van der Waals surface area contributed by atoms with Gasteiger partial charge in [-0.05, 0) is 62.4 Å². The SMILES string of the molecule is CC/N=c1/cc2oc3cc(NCC)c(C)cc3c(C(C)C)c-2cc1C. The lowest BCUT2D eigenvalue weighted by Gasteiger charge is -2.20. The molecule has 0 spiro atoms. The summed E-state index contributed by atoms with van der Waals surface area (Å²) in [5.74, 6) is 1.33. The minimum absolute atomic E-state index is 0.416. The van der Waals surface area contributed by atoms with Gasteiger partial charge in [0.15, 0.2) is 0 Å². The van der Waals surface area contributed by atoms with Crippen LogP contribution in [0.3, 0.4) is 0 Å². The van der Waals surface area contributed by atoms with Gasteiger partial charge in [-0.25, -0.2) is 0 Å². The number of nitrogens with one attached hydrogen (secondary N) is 1. The molecule has 0 unspecified atom stereocenters. The Morgan fingerprint density at radius 1 is 1.04 bits per heavy atom. The van der Waals surface area contributed by atoms with E-state index in [0.29, 0.717) is 5.92 Å². The molecule has 3 nitrogen and oxygen atoms in total. The van der Waals surface area contributed by atoms with Crippen molar-refractivity contribution in [2.75, 3.05) is 18.4 Å². The fourth-order valence-electron chi connectivity index (χ4n) is 3.56. The Bertz CT molecular complexity index is 950. The first-order valence-electron chi connectivity index (χ1n) is 9.22. The molecule has 0 bridgehead atoms. The summed E-state index contributed by atoms with van der Waals surface area (Å²) in [6.07, 6.45) is 0. The van der Waals surface area contributed by atoms with Crippen molar-refractivity contribution < 1.29 is 4.42 Å². The number of hydrogen-bond donors (Lipinski definition) is 1. The fourth-order valence-corrected chi connectivity index (χ4v) is 3.56. The number of rotatable bonds is 4. The summed E-state index contributed by atoms with van der Waals surface area (Å²) in [5.41, 5.74) is 7.08. The van der Waals surface area contributed by atoms with Crippen molar-refractivity contribution in [2.45, 2.75) is 47.5 Å². The zero-order valence-corrected chi connectivity index (χ0v) is 16.2. The highest BCUT2D eigenvalue weighted by Gasteiger charge is 2.19. The van der Waals surface area contributed by atoms with Gasteiger partial charge in [-0.15, -0.1) is 0 Å². The Hall–Kier alpha value is -2.29. The van der Waals surface area contributed by atoms with E-state index in [1.54, 1.807) is 0 Å². The second-order valence-corrected chi connectivity index (χ2v) is 6.97. The maximum atomic E-state index is 6.32. The molecule has 1 aliphatic carbocycles. The number of fused-ring (bicyclic) bond motifs is 2. The van der Waals surface area contributed by atoms with Crippen LogP contribution < -0.4 is 10.7 Å². The first kappa shape index (κ1) is 17.5. The molecule has 25 heavy (non-hydrogen) atoms. The lowest BCUT2D eigenvalue weighted by Crippen LogP contribution is -2.10. The van der Waals surface area contributed by atoms with Crippen LogP contribution in [-0.4, -0.2) is 13.1 Å². The molecule has 1 aromatic carbocycles. The zero-order valence-electron chi connectivity index (χ0n) is 16.2. The van der Waals surface area contributed by atoms with Crippen molar-refractivity contribution in [1.29, 1.82) is 0 Å². The molecule has 1 aliphatic heterocycles. The Kier molecular flexibility index (Phi) is 4.85. The highest BCUT2D eigenvalue weighted by Crippen LogP contribution is 2.39. The highest BCUT2D eigenvalue weighted by molar-refractivity contribution is 5.91. The smallest absolute Gasteiger partial charge is 0.137 e. The lowest BCUT2D eigenvalue weighted by atomic mass is 9.90. The predicted molar refractivity (Wildman–Crippen MR) is 107 cm³/mol. The van der Waals surface area contributed by atoms with Crippen LogP contribution in [0, 0.1) is 13.8 Å². The molecule has 0 saturated heterocycles. The van der Waals surface area contributed by atoms with Gasteiger partial charge in [0.2, 0.25) is 0 Å². The summed E-state index contributed by atoms with van der Waals surface area (Å²) in [4.78, 5) is 4.60. The first-order chi connectivity index (χ1) is 12.0. The number of nitrogens with zero attached hydrogens (tertiary/aromatic N) is 1. The van der Waals surface area contributed by atoms with Crippen molar-refractivity contribution in [3.05, 3.63) is 46.3 Å². The quantitative estimate of drug-likeness (QED) is 0.627. The minimum atomic E-state index is 0.416. The maximum Gasteiger partial charge on any atom is 0.137 e. The molecule has 3 rings (SSSR count). The van der Waals surface area contributed by atoms with Crippen molar-refractivity contribution in [3.8, 4) is 11.3 Å². The Labute approximate surface area is 150 Å².